The summed E-state index contributed by atoms with van der Waals surface area (Å²) >= 11 is 0. The number of rotatable bonds is 11. The molecule has 0 amide bonds. The summed E-state index contributed by atoms with van der Waals surface area (Å²) < 4.78 is 11.6. The number of esters is 1. The van der Waals surface area contributed by atoms with Crippen molar-refractivity contribution in [2.24, 2.45) is 10.7 Å². The predicted octanol–water partition coefficient (Wildman–Crippen LogP) is 3.45. The minimum absolute atomic E-state index is 0.0737. The number of hydrogen-bond acceptors (Lipinski definition) is 8. The summed E-state index contributed by atoms with van der Waals surface area (Å²) in [5, 5.41) is 10.1. The van der Waals surface area contributed by atoms with Crippen molar-refractivity contribution < 1.29 is 23.9 Å². The van der Waals surface area contributed by atoms with Crippen molar-refractivity contribution in [1.82, 2.24) is 16.0 Å². The van der Waals surface area contributed by atoms with Crippen molar-refractivity contribution in [3.05, 3.63) is 70.6 Å². The first kappa shape index (κ1) is 30.5. The number of nitrogens with one attached hydrogen (secondary N) is 3. The van der Waals surface area contributed by atoms with Crippen LogP contribution in [-0.2, 0) is 14.3 Å². The standard InChI is InChI=1S/C33H43N5O5/c1-4-5-6-9-19-42-29(41)33-28(40)25-12-8-7-11-24(25)27(39)32(33,43-33)16-13-22(2)21-31(23-14-18-36-26(34)20-23)15-10-17-37-30(35-3)38-31/h7-8,11-14,20,36H,4-6,9-10,15-19,21,34H2,1-3H3,(H2,35,37,38). The number of carbonyl (C=O) groups excluding carboxylic acids is 3. The van der Waals surface area contributed by atoms with Gasteiger partial charge < -0.3 is 31.2 Å². The van der Waals surface area contributed by atoms with Crippen LogP contribution in [0.25, 0.3) is 0 Å². The molecule has 1 aliphatic carbocycles. The number of ketones is 2. The first-order chi connectivity index (χ1) is 20.7. The molecule has 10 heteroatoms. The van der Waals surface area contributed by atoms with E-state index in [1.807, 2.05) is 19.1 Å². The molecule has 0 bridgehead atoms. The lowest BCUT2D eigenvalue weighted by Crippen LogP contribution is -2.52. The largest absolute Gasteiger partial charge is 0.463 e. The molecule has 10 nitrogen and oxygen atoms in total. The highest BCUT2D eigenvalue weighted by molar-refractivity contribution is 6.32. The number of nitrogens with zero attached hydrogens (tertiary/aromatic N) is 1. The number of nitrogens with two attached hydrogens (primary N) is 1. The van der Waals surface area contributed by atoms with Gasteiger partial charge in [-0.1, -0.05) is 68.2 Å². The Bertz CT molecular complexity index is 1410. The Kier molecular flexibility index (Phi) is 8.78. The van der Waals surface area contributed by atoms with Gasteiger partial charge in [0.1, 0.15) is 0 Å². The maximum atomic E-state index is 13.9. The number of Topliss-reactive ketones (excluding diaryl/α,β-unsaturated/α-hetero) is 2. The number of epoxide rings is 1. The minimum atomic E-state index is -1.96. The molecule has 3 heterocycles. The number of ether oxygens (including phenoxy) is 2. The summed E-state index contributed by atoms with van der Waals surface area (Å²) in [5.74, 6) is -0.352. The molecule has 1 aromatic rings. The molecule has 1 aromatic carbocycles. The Balaban J connectivity index is 1.44. The van der Waals surface area contributed by atoms with Gasteiger partial charge in [0, 0.05) is 37.7 Å². The van der Waals surface area contributed by atoms with E-state index in [1.165, 1.54) is 0 Å². The SMILES string of the molecule is CCCCCCOC(=O)C12OC1(CC=C(C)CC1(C3=CCNC(N)=C3)CCCNC(=NC)N1)C(=O)c1ccccc1C2=O. The molecule has 0 spiro atoms. The highest BCUT2D eigenvalue weighted by Gasteiger charge is 2.85. The molecule has 0 radical (unpaired) electrons. The van der Waals surface area contributed by atoms with Crippen molar-refractivity contribution >= 4 is 23.5 Å². The molecule has 230 valence electrons. The summed E-state index contributed by atoms with van der Waals surface area (Å²) in [6.45, 7) is 5.68. The van der Waals surface area contributed by atoms with Gasteiger partial charge in [0.05, 0.1) is 18.0 Å². The molecular weight excluding hydrogens is 546 g/mol. The van der Waals surface area contributed by atoms with Gasteiger partial charge in [-0.05, 0) is 44.3 Å². The summed E-state index contributed by atoms with van der Waals surface area (Å²) in [6, 6.07) is 6.60. The molecule has 4 aliphatic rings. The van der Waals surface area contributed by atoms with Gasteiger partial charge >= 0.3 is 5.97 Å². The van der Waals surface area contributed by atoms with E-state index in [-0.39, 0.29) is 29.9 Å². The fourth-order valence-electron chi connectivity index (χ4n) is 6.60. The third-order valence-electron chi connectivity index (χ3n) is 8.94. The summed E-state index contributed by atoms with van der Waals surface area (Å²) in [7, 11) is 1.74. The minimum Gasteiger partial charge on any atom is -0.463 e. The molecule has 3 aliphatic heterocycles. The van der Waals surface area contributed by atoms with Crippen LogP contribution in [0.4, 0.5) is 0 Å². The zero-order chi connectivity index (χ0) is 30.7. The van der Waals surface area contributed by atoms with E-state index in [0.29, 0.717) is 31.2 Å². The van der Waals surface area contributed by atoms with Gasteiger partial charge in [-0.15, -0.1) is 0 Å². The number of carbonyl (C=O) groups is 3. The monoisotopic (exact) mass is 589 g/mol. The Morgan fingerprint density at radius 2 is 1.91 bits per heavy atom. The first-order valence-electron chi connectivity index (χ1n) is 15.3. The molecule has 5 rings (SSSR count). The van der Waals surface area contributed by atoms with Gasteiger partial charge in [0.15, 0.2) is 17.3 Å². The zero-order valence-corrected chi connectivity index (χ0v) is 25.4. The second kappa shape index (κ2) is 12.4. The van der Waals surface area contributed by atoms with Gasteiger partial charge in [-0.2, -0.15) is 0 Å². The molecular formula is C33H43N5O5. The van der Waals surface area contributed by atoms with Crippen LogP contribution in [-0.4, -0.2) is 67.0 Å². The van der Waals surface area contributed by atoms with Crippen LogP contribution in [0.5, 0.6) is 0 Å². The second-order valence-electron chi connectivity index (χ2n) is 11.9. The fraction of sp³-hybridized carbons (Fsp3) is 0.515. The smallest absolute Gasteiger partial charge is 0.350 e. The number of fused-ring (bicyclic) bond motifs is 2. The normalized spacial score (nSPS) is 29.2. The lowest BCUT2D eigenvalue weighted by molar-refractivity contribution is -0.148. The van der Waals surface area contributed by atoms with Crippen LogP contribution < -0.4 is 21.7 Å². The molecule has 2 fully saturated rings. The molecule has 3 unspecified atom stereocenters. The molecule has 43 heavy (non-hydrogen) atoms. The van der Waals surface area contributed by atoms with Gasteiger partial charge in [-0.3, -0.25) is 14.6 Å². The molecule has 3 atom stereocenters. The Labute approximate surface area is 253 Å². The predicted molar refractivity (Wildman–Crippen MR) is 165 cm³/mol. The number of benzene rings is 1. The van der Waals surface area contributed by atoms with E-state index in [9.17, 15) is 14.4 Å². The van der Waals surface area contributed by atoms with Crippen LogP contribution in [0, 0.1) is 0 Å². The summed E-state index contributed by atoms with van der Waals surface area (Å²) in [5.41, 5.74) is 4.59. The lowest BCUT2D eigenvalue weighted by Gasteiger charge is -2.37. The summed E-state index contributed by atoms with van der Waals surface area (Å²) in [4.78, 5) is 45.7. The average Bonchev–Trinajstić information content (AvgIpc) is 3.76. The average molecular weight is 590 g/mol. The third kappa shape index (κ3) is 5.48. The maximum absolute atomic E-state index is 13.9. The van der Waals surface area contributed by atoms with Gasteiger partial charge in [0.2, 0.25) is 5.78 Å². The lowest BCUT2D eigenvalue weighted by atomic mass is 9.72. The molecule has 5 N–H and O–H groups in total. The van der Waals surface area contributed by atoms with Crippen molar-refractivity contribution in [1.29, 1.82) is 0 Å². The number of dihydropyridines is 1. The fourth-order valence-corrected chi connectivity index (χ4v) is 6.60. The first-order valence-corrected chi connectivity index (χ1v) is 15.3. The Morgan fingerprint density at radius 1 is 1.14 bits per heavy atom. The topological polar surface area (TPSA) is 147 Å². The van der Waals surface area contributed by atoms with E-state index in [2.05, 4.69) is 33.9 Å². The third-order valence-corrected chi connectivity index (χ3v) is 8.94. The number of guanidine groups is 1. The van der Waals surface area contributed by atoms with Crippen LogP contribution >= 0.6 is 0 Å². The quantitative estimate of drug-likeness (QED) is 0.100. The Hall–Kier alpha value is -3.92. The second-order valence-corrected chi connectivity index (χ2v) is 11.9. The van der Waals surface area contributed by atoms with E-state index < -0.39 is 28.5 Å². The van der Waals surface area contributed by atoms with E-state index in [0.717, 1.165) is 49.8 Å². The number of unbranched alkanes of at least 4 members (excludes halogenated alkanes) is 3. The maximum Gasteiger partial charge on any atom is 0.350 e. The molecule has 0 aromatic heterocycles. The molecule has 2 saturated heterocycles. The van der Waals surface area contributed by atoms with Crippen molar-refractivity contribution in [3.8, 4) is 0 Å². The van der Waals surface area contributed by atoms with Gasteiger partial charge in [0.25, 0.3) is 5.60 Å². The Morgan fingerprint density at radius 3 is 2.63 bits per heavy atom. The van der Waals surface area contributed by atoms with E-state index >= 15 is 0 Å². The number of hydrogen-bond donors (Lipinski definition) is 4. The highest BCUT2D eigenvalue weighted by atomic mass is 16.7. The van der Waals surface area contributed by atoms with E-state index in [1.54, 1.807) is 31.3 Å². The molecule has 0 saturated carbocycles. The van der Waals surface area contributed by atoms with Crippen LogP contribution in [0.2, 0.25) is 0 Å². The van der Waals surface area contributed by atoms with E-state index in [4.69, 9.17) is 15.2 Å². The summed E-state index contributed by atoms with van der Waals surface area (Å²) in [6.07, 6.45) is 12.1. The van der Waals surface area contributed by atoms with Gasteiger partial charge in [-0.25, -0.2) is 4.79 Å². The van der Waals surface area contributed by atoms with Crippen LogP contribution in [0.15, 0.2) is 64.5 Å². The zero-order valence-electron chi connectivity index (χ0n) is 25.4. The number of aliphatic imine (C=N–C) groups is 1. The van der Waals surface area contributed by atoms with Crippen molar-refractivity contribution in [3.63, 3.8) is 0 Å². The highest BCUT2D eigenvalue weighted by Crippen LogP contribution is 2.58. The van der Waals surface area contributed by atoms with Crippen molar-refractivity contribution in [2.75, 3.05) is 26.7 Å². The van der Waals surface area contributed by atoms with Crippen molar-refractivity contribution in [2.45, 2.75) is 82.0 Å². The van der Waals surface area contributed by atoms with Crippen LogP contribution in [0.3, 0.4) is 0 Å². The van der Waals surface area contributed by atoms with Crippen LogP contribution in [0.1, 0.15) is 85.9 Å².